The summed E-state index contributed by atoms with van der Waals surface area (Å²) in [5.41, 5.74) is 6.88. The minimum absolute atomic E-state index is 0.0497. The van der Waals surface area contributed by atoms with Gasteiger partial charge in [0, 0.05) is 71.6 Å². The van der Waals surface area contributed by atoms with Crippen molar-refractivity contribution >= 4 is 40.0 Å². The number of nitrogens with one attached hydrogen (secondary N) is 2. The second-order valence-corrected chi connectivity index (χ2v) is 18.2. The van der Waals surface area contributed by atoms with Crippen LogP contribution >= 0.6 is 11.3 Å². The maximum Gasteiger partial charge on any atom is 0.325 e. The monoisotopic (exact) mass is 788 g/mol. The number of carbonyl (C=O) groups excluding carboxylic acids is 3. The zero-order chi connectivity index (χ0) is 40.1. The van der Waals surface area contributed by atoms with E-state index in [9.17, 15) is 14.4 Å². The number of amides is 2. The fraction of sp³-hybridized carbons (Fsp3) is 0.548. The Kier molecular flexibility index (Phi) is 9.44. The number of benzene rings is 1. The first-order valence-corrected chi connectivity index (χ1v) is 20.4. The number of aryl methyl sites for hydroxylation is 1. The maximum atomic E-state index is 15.7. The van der Waals surface area contributed by atoms with Crippen LogP contribution in [0.4, 0.5) is 8.78 Å². The predicted molar refractivity (Wildman–Crippen MR) is 208 cm³/mol. The topological polar surface area (TPSA) is 128 Å². The van der Waals surface area contributed by atoms with Crippen LogP contribution in [0.1, 0.15) is 70.8 Å². The molecule has 0 spiro atoms. The largest absolute Gasteiger partial charge is 0.464 e. The first-order valence-electron chi connectivity index (χ1n) is 19.5. The number of ether oxygens (including phenoxy) is 2. The van der Waals surface area contributed by atoms with E-state index in [0.717, 1.165) is 49.7 Å². The Balaban J connectivity index is 1.26. The maximum absolute atomic E-state index is 15.7. The second kappa shape index (κ2) is 13.7. The zero-order valence-corrected chi connectivity index (χ0v) is 33.9. The number of alkyl halides is 2. The van der Waals surface area contributed by atoms with Crippen molar-refractivity contribution in [3.05, 3.63) is 58.2 Å². The Morgan fingerprint density at radius 3 is 2.62 bits per heavy atom. The molecule has 56 heavy (non-hydrogen) atoms. The molecule has 3 fully saturated rings. The van der Waals surface area contributed by atoms with Gasteiger partial charge in [-0.15, -0.1) is 11.3 Å². The zero-order valence-electron chi connectivity index (χ0n) is 33.1. The predicted octanol–water partition coefficient (Wildman–Crippen LogP) is 6.60. The number of hydrazine groups is 1. The molecule has 2 amide bonds. The van der Waals surface area contributed by atoms with Crippen LogP contribution in [-0.2, 0) is 43.2 Å². The summed E-state index contributed by atoms with van der Waals surface area (Å²) >= 11 is 1.37. The lowest BCUT2D eigenvalue weighted by Crippen LogP contribution is -2.62. The molecule has 6 bridgehead atoms. The van der Waals surface area contributed by atoms with Crippen LogP contribution in [0.15, 0.2) is 41.9 Å². The highest BCUT2D eigenvalue weighted by Gasteiger charge is 2.83. The lowest BCUT2D eigenvalue weighted by molar-refractivity contribution is -0.157. The van der Waals surface area contributed by atoms with E-state index < -0.39 is 46.6 Å². The Bertz CT molecular complexity index is 2230. The smallest absolute Gasteiger partial charge is 0.325 e. The average Bonchev–Trinajstić information content (AvgIpc) is 3.65. The van der Waals surface area contributed by atoms with Crippen LogP contribution in [0.3, 0.4) is 0 Å². The molecule has 8 atom stereocenters. The van der Waals surface area contributed by atoms with E-state index in [1.807, 2.05) is 52.1 Å². The molecule has 3 aromatic heterocycles. The van der Waals surface area contributed by atoms with Gasteiger partial charge in [0.15, 0.2) is 0 Å². The number of cyclic esters (lactones) is 1. The van der Waals surface area contributed by atoms with Gasteiger partial charge in [-0.1, -0.05) is 40.7 Å². The summed E-state index contributed by atoms with van der Waals surface area (Å²) < 4.78 is 45.3. The highest BCUT2D eigenvalue weighted by molar-refractivity contribution is 7.10. The van der Waals surface area contributed by atoms with Gasteiger partial charge in [0.1, 0.15) is 12.1 Å². The van der Waals surface area contributed by atoms with Crippen LogP contribution in [0.5, 0.6) is 0 Å². The molecule has 4 aliphatic rings. The number of hydrogen-bond donors (Lipinski definition) is 2. The van der Waals surface area contributed by atoms with Crippen molar-refractivity contribution in [2.24, 2.45) is 34.5 Å². The molecular formula is C42H50F2N6O5S. The van der Waals surface area contributed by atoms with E-state index >= 15 is 8.78 Å². The Hall–Kier alpha value is -4.27. The molecule has 2 saturated carbocycles. The molecule has 2 N–H and O–H groups in total. The number of hydrogen-bond acceptors (Lipinski definition) is 9. The Morgan fingerprint density at radius 1 is 1.18 bits per heavy atom. The van der Waals surface area contributed by atoms with Gasteiger partial charge in [0.2, 0.25) is 5.91 Å². The van der Waals surface area contributed by atoms with Gasteiger partial charge in [-0.2, -0.15) is 0 Å². The van der Waals surface area contributed by atoms with E-state index in [0.29, 0.717) is 18.0 Å². The normalized spacial score (nSPS) is 29.9. The number of rotatable bonds is 6. The summed E-state index contributed by atoms with van der Waals surface area (Å²) in [5, 5.41) is 7.59. The third-order valence-corrected chi connectivity index (χ3v) is 13.8. The van der Waals surface area contributed by atoms with Crippen molar-refractivity contribution in [3.63, 3.8) is 0 Å². The van der Waals surface area contributed by atoms with Crippen molar-refractivity contribution < 1.29 is 32.6 Å². The molecule has 8 rings (SSSR count). The molecule has 298 valence electrons. The van der Waals surface area contributed by atoms with Crippen molar-refractivity contribution in [2.75, 3.05) is 20.3 Å². The average molecular weight is 789 g/mol. The molecule has 14 heteroatoms. The molecule has 2 aliphatic heterocycles. The molecule has 1 aromatic carbocycles. The number of esters is 1. The van der Waals surface area contributed by atoms with Gasteiger partial charge in [-0.05, 0) is 61.9 Å². The van der Waals surface area contributed by atoms with E-state index in [4.69, 9.17) is 19.4 Å². The van der Waals surface area contributed by atoms with Crippen molar-refractivity contribution in [1.82, 2.24) is 30.3 Å². The van der Waals surface area contributed by atoms with Crippen LogP contribution in [0.25, 0.3) is 33.4 Å². The summed E-state index contributed by atoms with van der Waals surface area (Å²) in [5.74, 6) is -6.22. The highest BCUT2D eigenvalue weighted by Crippen LogP contribution is 2.68. The number of carbonyl (C=O) groups is 3. The molecule has 2 aliphatic carbocycles. The number of pyridine rings is 1. The van der Waals surface area contributed by atoms with Gasteiger partial charge in [0.25, 0.3) is 11.8 Å². The number of halogens is 2. The van der Waals surface area contributed by atoms with Crippen LogP contribution in [0, 0.1) is 34.5 Å². The molecule has 0 radical (unpaired) electrons. The Morgan fingerprint density at radius 2 is 1.93 bits per heavy atom. The summed E-state index contributed by atoms with van der Waals surface area (Å²) in [6.07, 6.45) is 1.99. The van der Waals surface area contributed by atoms with Crippen LogP contribution in [-0.4, -0.2) is 75.6 Å². The van der Waals surface area contributed by atoms with Gasteiger partial charge in [-0.25, -0.2) is 19.2 Å². The Labute approximate surface area is 329 Å². The number of methoxy groups -OCH3 is 1. The van der Waals surface area contributed by atoms with Crippen molar-refractivity contribution in [2.45, 2.75) is 92.0 Å². The van der Waals surface area contributed by atoms with Gasteiger partial charge >= 0.3 is 5.97 Å². The van der Waals surface area contributed by atoms with E-state index in [-0.39, 0.29) is 49.3 Å². The standard InChI is InChI=1S/C42H50F2N6O5S/c1-9-49-30-13-12-24-15-26(30)27(35(49)25-11-10-14-45-33(25)23(4)54-8)17-40(5,6)20-55-39(53)34-36-41(7,42(36,43)44)19-50(48-34)38(52)28(16-31-46-29(24)18-56-31)47-37(51)32-21(2)22(32)3/h10-15,18,21-23,28,32,34,36,48H,9,16-17,19-20H2,1-8H3,(H,47,51)/t21-,22+,23-,28-,32?,34-,36+,41-/m0/s1. The van der Waals surface area contributed by atoms with Crippen LogP contribution < -0.4 is 10.7 Å². The SMILES string of the molecule is CCn1c(-c2cccnc2[C@H](C)OC)c2c3cc(ccc31)-c1csc(n1)C[C@H](NC(=O)C1[C@@H](C)[C@H]1C)C(=O)N1C[C@@]3(C)[C@@H]([C@H](N1)C(=O)OCC(C)(C)C2)C3(F)F. The fourth-order valence-electron chi connectivity index (χ4n) is 9.19. The van der Waals surface area contributed by atoms with Gasteiger partial charge < -0.3 is 19.4 Å². The summed E-state index contributed by atoms with van der Waals surface area (Å²) in [7, 11) is 1.66. The second-order valence-electron chi connectivity index (χ2n) is 17.3. The first kappa shape index (κ1) is 38.6. The number of nitrogens with zero attached hydrogens (tertiary/aromatic N) is 4. The minimum Gasteiger partial charge on any atom is -0.464 e. The third kappa shape index (κ3) is 6.23. The minimum atomic E-state index is -3.22. The number of thiazole rings is 1. The molecule has 1 unspecified atom stereocenters. The van der Waals surface area contributed by atoms with Crippen molar-refractivity contribution in [1.29, 1.82) is 0 Å². The molecule has 5 heterocycles. The third-order valence-electron chi connectivity index (χ3n) is 12.9. The van der Waals surface area contributed by atoms with E-state index in [1.165, 1.54) is 18.3 Å². The first-order chi connectivity index (χ1) is 26.5. The molecule has 1 saturated heterocycles. The lowest BCUT2D eigenvalue weighted by Gasteiger charge is -2.37. The van der Waals surface area contributed by atoms with Gasteiger partial charge in [-0.3, -0.25) is 24.4 Å². The number of fused-ring (bicyclic) bond motifs is 8. The van der Waals surface area contributed by atoms with Crippen LogP contribution in [0.2, 0.25) is 0 Å². The lowest BCUT2D eigenvalue weighted by atomic mass is 9.84. The highest BCUT2D eigenvalue weighted by atomic mass is 32.1. The van der Waals surface area contributed by atoms with E-state index in [2.05, 4.69) is 40.4 Å². The summed E-state index contributed by atoms with van der Waals surface area (Å²) in [6, 6.07) is 7.66. The summed E-state index contributed by atoms with van der Waals surface area (Å²) in [4.78, 5) is 51.5. The molecular weight excluding hydrogens is 739 g/mol. The molecule has 4 aromatic rings. The van der Waals surface area contributed by atoms with Crippen molar-refractivity contribution in [3.8, 4) is 22.5 Å². The van der Waals surface area contributed by atoms with Gasteiger partial charge in [0.05, 0.1) is 46.1 Å². The fourth-order valence-corrected chi connectivity index (χ4v) is 10.0. The number of aromatic nitrogens is 3. The quantitative estimate of drug-likeness (QED) is 0.210. The molecule has 11 nitrogen and oxygen atoms in total. The summed E-state index contributed by atoms with van der Waals surface area (Å²) in [6.45, 7) is 13.7. The van der Waals surface area contributed by atoms with E-state index in [1.54, 1.807) is 13.3 Å².